The number of hydrogen-bond acceptors (Lipinski definition) is 4. The molecule has 1 unspecified atom stereocenters. The van der Waals surface area contributed by atoms with E-state index in [0.717, 1.165) is 3.79 Å². The summed E-state index contributed by atoms with van der Waals surface area (Å²) < 4.78 is 28.0. The number of rotatable bonds is 5. The summed E-state index contributed by atoms with van der Waals surface area (Å²) in [6.07, 6.45) is 0.712. The summed E-state index contributed by atoms with van der Waals surface area (Å²) in [7, 11) is -3.40. The molecular formula is C11H12BrNO2S3. The van der Waals surface area contributed by atoms with Crippen LogP contribution in [-0.4, -0.2) is 14.5 Å². The van der Waals surface area contributed by atoms with Gasteiger partial charge in [-0.3, -0.25) is 0 Å². The Morgan fingerprint density at radius 1 is 1.39 bits per heavy atom. The third-order valence-electron chi connectivity index (χ3n) is 2.26. The molecule has 0 aliphatic carbocycles. The number of sulfonamides is 1. The van der Waals surface area contributed by atoms with E-state index in [4.69, 9.17) is 0 Å². The molecule has 18 heavy (non-hydrogen) atoms. The molecule has 1 N–H and O–H groups in total. The zero-order chi connectivity index (χ0) is 13.2. The fourth-order valence-corrected chi connectivity index (χ4v) is 5.64. The zero-order valence-electron chi connectivity index (χ0n) is 9.59. The van der Waals surface area contributed by atoms with E-state index in [1.807, 2.05) is 24.4 Å². The van der Waals surface area contributed by atoms with Crippen molar-refractivity contribution in [1.82, 2.24) is 4.72 Å². The van der Waals surface area contributed by atoms with Crippen LogP contribution in [0.3, 0.4) is 0 Å². The van der Waals surface area contributed by atoms with Crippen molar-refractivity contribution in [2.75, 3.05) is 0 Å². The van der Waals surface area contributed by atoms with Crippen LogP contribution in [-0.2, 0) is 16.4 Å². The van der Waals surface area contributed by atoms with E-state index < -0.39 is 10.0 Å². The van der Waals surface area contributed by atoms with Gasteiger partial charge in [-0.25, -0.2) is 13.1 Å². The van der Waals surface area contributed by atoms with Gasteiger partial charge in [0.2, 0.25) is 10.0 Å². The van der Waals surface area contributed by atoms with Crippen molar-refractivity contribution in [3.63, 3.8) is 0 Å². The Morgan fingerprint density at radius 2 is 2.17 bits per heavy atom. The minimum atomic E-state index is -3.40. The molecule has 7 heteroatoms. The maximum Gasteiger partial charge on any atom is 0.250 e. The number of halogens is 1. The highest BCUT2D eigenvalue weighted by atomic mass is 79.9. The highest BCUT2D eigenvalue weighted by Crippen LogP contribution is 2.26. The number of hydrogen-bond donors (Lipinski definition) is 1. The average molecular weight is 366 g/mol. The van der Waals surface area contributed by atoms with E-state index in [0.29, 0.717) is 10.6 Å². The van der Waals surface area contributed by atoms with Crippen LogP contribution in [0.2, 0.25) is 0 Å². The van der Waals surface area contributed by atoms with Gasteiger partial charge in [0.05, 0.1) is 3.79 Å². The molecule has 2 aromatic rings. The molecular weight excluding hydrogens is 354 g/mol. The number of nitrogens with one attached hydrogen (secondary N) is 1. The minimum absolute atomic E-state index is 0.116. The Morgan fingerprint density at radius 3 is 2.72 bits per heavy atom. The molecule has 1 atom stereocenters. The summed E-state index contributed by atoms with van der Waals surface area (Å²) in [5.41, 5.74) is 0. The standard InChI is InChI=1S/C11H12BrNO2S3/c1-8(7-9-3-2-6-16-9)13-18(14,15)11-5-4-10(12)17-11/h2-6,8,13H,7H2,1H3. The first kappa shape index (κ1) is 14.2. The van der Waals surface area contributed by atoms with Crippen LogP contribution < -0.4 is 4.72 Å². The van der Waals surface area contributed by atoms with Gasteiger partial charge in [-0.1, -0.05) is 6.07 Å². The Kier molecular flexibility index (Phi) is 4.60. The highest BCUT2D eigenvalue weighted by Gasteiger charge is 2.19. The van der Waals surface area contributed by atoms with Crippen molar-refractivity contribution in [1.29, 1.82) is 0 Å². The summed E-state index contributed by atoms with van der Waals surface area (Å²) >= 11 is 6.12. The van der Waals surface area contributed by atoms with Crippen LogP contribution in [0.15, 0.2) is 37.6 Å². The van der Waals surface area contributed by atoms with Gasteiger partial charge in [-0.2, -0.15) is 0 Å². The fourth-order valence-electron chi connectivity index (χ4n) is 1.54. The first-order valence-corrected chi connectivity index (χ1v) is 9.24. The summed E-state index contributed by atoms with van der Waals surface area (Å²) in [4.78, 5) is 1.18. The van der Waals surface area contributed by atoms with E-state index in [1.165, 1.54) is 16.2 Å². The first-order valence-electron chi connectivity index (χ1n) is 5.27. The van der Waals surface area contributed by atoms with Crippen LogP contribution in [0.25, 0.3) is 0 Å². The Hall–Kier alpha value is -0.210. The fraction of sp³-hybridized carbons (Fsp3) is 0.273. The molecule has 0 aliphatic rings. The smallest absolute Gasteiger partial charge is 0.207 e. The van der Waals surface area contributed by atoms with Crippen molar-refractivity contribution in [2.45, 2.75) is 23.6 Å². The van der Waals surface area contributed by atoms with Gasteiger partial charge in [0.15, 0.2) is 0 Å². The maximum absolute atomic E-state index is 12.1. The molecule has 2 rings (SSSR count). The first-order chi connectivity index (χ1) is 8.47. The highest BCUT2D eigenvalue weighted by molar-refractivity contribution is 9.11. The quantitative estimate of drug-likeness (QED) is 0.881. The van der Waals surface area contributed by atoms with Gasteiger partial charge in [-0.15, -0.1) is 22.7 Å². The average Bonchev–Trinajstić information content (AvgIpc) is 2.88. The monoisotopic (exact) mass is 365 g/mol. The predicted octanol–water partition coefficient (Wildman–Crippen LogP) is 3.48. The molecule has 0 amide bonds. The third-order valence-corrected chi connectivity index (χ3v) is 6.86. The van der Waals surface area contributed by atoms with Gasteiger partial charge in [0, 0.05) is 10.9 Å². The van der Waals surface area contributed by atoms with E-state index in [9.17, 15) is 8.42 Å². The second-order valence-electron chi connectivity index (χ2n) is 3.86. The van der Waals surface area contributed by atoms with Gasteiger partial charge in [-0.05, 0) is 52.9 Å². The van der Waals surface area contributed by atoms with Gasteiger partial charge in [0.25, 0.3) is 0 Å². The van der Waals surface area contributed by atoms with Gasteiger partial charge >= 0.3 is 0 Å². The van der Waals surface area contributed by atoms with Crippen molar-refractivity contribution in [2.24, 2.45) is 0 Å². The van der Waals surface area contributed by atoms with E-state index >= 15 is 0 Å². The lowest BCUT2D eigenvalue weighted by Gasteiger charge is -2.12. The topological polar surface area (TPSA) is 46.2 Å². The van der Waals surface area contributed by atoms with Crippen LogP contribution in [0.5, 0.6) is 0 Å². The van der Waals surface area contributed by atoms with Gasteiger partial charge < -0.3 is 0 Å². The van der Waals surface area contributed by atoms with Crippen LogP contribution in [0, 0.1) is 0 Å². The van der Waals surface area contributed by atoms with Crippen LogP contribution in [0.4, 0.5) is 0 Å². The molecule has 2 aromatic heterocycles. The zero-order valence-corrected chi connectivity index (χ0v) is 13.6. The molecule has 0 radical (unpaired) electrons. The number of thiophene rings is 2. The molecule has 2 heterocycles. The van der Waals surface area contributed by atoms with Crippen molar-refractivity contribution < 1.29 is 8.42 Å². The Bertz CT molecular complexity index is 604. The lowest BCUT2D eigenvalue weighted by atomic mass is 10.2. The van der Waals surface area contributed by atoms with Crippen LogP contribution >= 0.6 is 38.6 Å². The molecule has 0 saturated carbocycles. The van der Waals surface area contributed by atoms with Crippen LogP contribution in [0.1, 0.15) is 11.8 Å². The molecule has 3 nitrogen and oxygen atoms in total. The van der Waals surface area contributed by atoms with E-state index in [1.54, 1.807) is 23.5 Å². The lowest BCUT2D eigenvalue weighted by Crippen LogP contribution is -2.33. The molecule has 98 valence electrons. The van der Waals surface area contributed by atoms with Crippen molar-refractivity contribution in [3.05, 3.63) is 38.3 Å². The summed E-state index contributed by atoms with van der Waals surface area (Å²) in [5.74, 6) is 0. The second kappa shape index (κ2) is 5.83. The van der Waals surface area contributed by atoms with E-state index in [2.05, 4.69) is 20.7 Å². The molecule has 0 bridgehead atoms. The SMILES string of the molecule is CC(Cc1cccs1)NS(=O)(=O)c1ccc(Br)s1. The minimum Gasteiger partial charge on any atom is -0.207 e. The molecule has 0 aliphatic heterocycles. The summed E-state index contributed by atoms with van der Waals surface area (Å²) in [5, 5.41) is 1.99. The molecule has 0 aromatic carbocycles. The maximum atomic E-state index is 12.1. The Balaban J connectivity index is 2.04. The van der Waals surface area contributed by atoms with Gasteiger partial charge in [0.1, 0.15) is 4.21 Å². The largest absolute Gasteiger partial charge is 0.250 e. The normalized spacial score (nSPS) is 13.7. The third kappa shape index (κ3) is 3.64. The van der Waals surface area contributed by atoms with Crippen molar-refractivity contribution in [3.8, 4) is 0 Å². The molecule has 0 saturated heterocycles. The summed E-state index contributed by atoms with van der Waals surface area (Å²) in [6, 6.07) is 7.21. The molecule has 0 spiro atoms. The Labute approximate surface area is 123 Å². The predicted molar refractivity (Wildman–Crippen MR) is 79.8 cm³/mol. The molecule has 0 fully saturated rings. The lowest BCUT2D eigenvalue weighted by molar-refractivity contribution is 0.563. The summed E-state index contributed by atoms with van der Waals surface area (Å²) in [6.45, 7) is 1.87. The second-order valence-corrected chi connectivity index (χ2v) is 9.30. The van der Waals surface area contributed by atoms with E-state index in [-0.39, 0.29) is 6.04 Å². The van der Waals surface area contributed by atoms with Crippen molar-refractivity contribution >= 4 is 48.6 Å².